The average molecular weight is 407 g/mol. The van der Waals surface area contributed by atoms with Crippen LogP contribution in [0, 0.1) is 0 Å². The number of hydrogen-bond donors (Lipinski definition) is 1. The lowest BCUT2D eigenvalue weighted by Crippen LogP contribution is -2.54. The van der Waals surface area contributed by atoms with Crippen molar-refractivity contribution in [3.63, 3.8) is 0 Å². The summed E-state index contributed by atoms with van der Waals surface area (Å²) >= 11 is 1.73. The van der Waals surface area contributed by atoms with Crippen LogP contribution in [0.4, 0.5) is 0 Å². The SMILES string of the molecule is CSc1ccc(CN(C)CC(=O)N2CCN(CC(=O)NC(C)(C)C)CC2)cc1. The normalized spacial score (nSPS) is 15.7. The summed E-state index contributed by atoms with van der Waals surface area (Å²) in [5.74, 6) is 0.196. The molecular formula is C21H34N4O2S. The number of amides is 2. The van der Waals surface area contributed by atoms with E-state index in [-0.39, 0.29) is 17.4 Å². The molecule has 1 aromatic carbocycles. The maximum atomic E-state index is 12.6. The molecule has 1 saturated heterocycles. The van der Waals surface area contributed by atoms with Crippen molar-refractivity contribution >= 4 is 23.6 Å². The van der Waals surface area contributed by atoms with E-state index in [4.69, 9.17) is 0 Å². The van der Waals surface area contributed by atoms with Gasteiger partial charge in [0.25, 0.3) is 0 Å². The molecule has 1 aliphatic heterocycles. The van der Waals surface area contributed by atoms with Gasteiger partial charge in [0.15, 0.2) is 0 Å². The highest BCUT2D eigenvalue weighted by Crippen LogP contribution is 2.15. The molecule has 2 rings (SSSR count). The van der Waals surface area contributed by atoms with E-state index in [0.717, 1.165) is 19.6 Å². The van der Waals surface area contributed by atoms with Crippen molar-refractivity contribution in [1.29, 1.82) is 0 Å². The third-order valence-electron chi connectivity index (χ3n) is 4.62. The van der Waals surface area contributed by atoms with Crippen molar-refractivity contribution in [2.75, 3.05) is 52.6 Å². The predicted molar refractivity (Wildman–Crippen MR) is 115 cm³/mol. The van der Waals surface area contributed by atoms with Gasteiger partial charge in [-0.05, 0) is 51.8 Å². The number of thioether (sulfide) groups is 1. The molecule has 7 heteroatoms. The number of carbonyl (C=O) groups is 2. The third-order valence-corrected chi connectivity index (χ3v) is 5.37. The molecule has 2 amide bonds. The van der Waals surface area contributed by atoms with Gasteiger partial charge in [0.1, 0.15) is 0 Å². The van der Waals surface area contributed by atoms with Gasteiger partial charge in [-0.2, -0.15) is 0 Å². The minimum absolute atomic E-state index is 0.0412. The zero-order chi connectivity index (χ0) is 20.7. The van der Waals surface area contributed by atoms with E-state index in [9.17, 15) is 9.59 Å². The summed E-state index contributed by atoms with van der Waals surface area (Å²) in [5, 5.41) is 2.99. The van der Waals surface area contributed by atoms with Crippen LogP contribution in [0.5, 0.6) is 0 Å². The van der Waals surface area contributed by atoms with Gasteiger partial charge in [-0.3, -0.25) is 19.4 Å². The van der Waals surface area contributed by atoms with Crippen LogP contribution in [0.3, 0.4) is 0 Å². The molecule has 156 valence electrons. The Morgan fingerprint density at radius 3 is 2.25 bits per heavy atom. The van der Waals surface area contributed by atoms with Crippen LogP contribution in [-0.4, -0.2) is 84.6 Å². The first-order valence-corrected chi connectivity index (χ1v) is 11.0. The minimum atomic E-state index is -0.213. The molecule has 1 aromatic rings. The first-order chi connectivity index (χ1) is 13.2. The molecule has 0 atom stereocenters. The molecule has 0 bridgehead atoms. The summed E-state index contributed by atoms with van der Waals surface area (Å²) in [5.41, 5.74) is 0.998. The Balaban J connectivity index is 1.72. The number of benzene rings is 1. The highest BCUT2D eigenvalue weighted by atomic mass is 32.2. The van der Waals surface area contributed by atoms with E-state index in [1.54, 1.807) is 11.8 Å². The van der Waals surface area contributed by atoms with E-state index in [1.807, 2.05) is 32.7 Å². The molecule has 0 unspecified atom stereocenters. The summed E-state index contributed by atoms with van der Waals surface area (Å²) in [4.78, 5) is 32.0. The summed E-state index contributed by atoms with van der Waals surface area (Å²) in [6.45, 7) is 10.3. The Bertz CT molecular complexity index is 649. The lowest BCUT2D eigenvalue weighted by Gasteiger charge is -2.35. The van der Waals surface area contributed by atoms with Crippen LogP contribution in [0.1, 0.15) is 26.3 Å². The van der Waals surface area contributed by atoms with Crippen molar-refractivity contribution in [2.45, 2.75) is 37.8 Å². The lowest BCUT2D eigenvalue weighted by molar-refractivity contribution is -0.134. The summed E-state index contributed by atoms with van der Waals surface area (Å²) in [7, 11) is 1.98. The zero-order valence-corrected chi connectivity index (χ0v) is 18.6. The lowest BCUT2D eigenvalue weighted by atomic mass is 10.1. The smallest absolute Gasteiger partial charge is 0.236 e. The number of likely N-dealkylation sites (N-methyl/N-ethyl adjacent to an activating group) is 1. The second-order valence-electron chi connectivity index (χ2n) is 8.48. The van der Waals surface area contributed by atoms with E-state index in [0.29, 0.717) is 26.2 Å². The summed E-state index contributed by atoms with van der Waals surface area (Å²) in [6.07, 6.45) is 2.07. The van der Waals surface area contributed by atoms with Crippen LogP contribution in [0.2, 0.25) is 0 Å². The van der Waals surface area contributed by atoms with Crippen LogP contribution in [-0.2, 0) is 16.1 Å². The highest BCUT2D eigenvalue weighted by molar-refractivity contribution is 7.98. The number of piperazine rings is 1. The molecule has 1 heterocycles. The fraction of sp³-hybridized carbons (Fsp3) is 0.619. The maximum Gasteiger partial charge on any atom is 0.236 e. The van der Waals surface area contributed by atoms with Crippen LogP contribution >= 0.6 is 11.8 Å². The molecule has 6 nitrogen and oxygen atoms in total. The van der Waals surface area contributed by atoms with Crippen molar-refractivity contribution in [2.24, 2.45) is 0 Å². The largest absolute Gasteiger partial charge is 0.350 e. The Morgan fingerprint density at radius 1 is 1.11 bits per heavy atom. The second kappa shape index (κ2) is 10.3. The molecule has 0 aliphatic carbocycles. The van der Waals surface area contributed by atoms with Gasteiger partial charge in [-0.15, -0.1) is 11.8 Å². The van der Waals surface area contributed by atoms with Gasteiger partial charge in [0.05, 0.1) is 13.1 Å². The molecule has 1 aliphatic rings. The van der Waals surface area contributed by atoms with Crippen molar-refractivity contribution in [3.05, 3.63) is 29.8 Å². The van der Waals surface area contributed by atoms with E-state index in [2.05, 4.69) is 45.6 Å². The highest BCUT2D eigenvalue weighted by Gasteiger charge is 2.24. The van der Waals surface area contributed by atoms with E-state index < -0.39 is 0 Å². The minimum Gasteiger partial charge on any atom is -0.350 e. The van der Waals surface area contributed by atoms with Crippen molar-refractivity contribution in [1.82, 2.24) is 20.0 Å². The number of hydrogen-bond acceptors (Lipinski definition) is 5. The van der Waals surface area contributed by atoms with Crippen molar-refractivity contribution in [3.8, 4) is 0 Å². The molecule has 0 saturated carbocycles. The monoisotopic (exact) mass is 406 g/mol. The van der Waals surface area contributed by atoms with Crippen molar-refractivity contribution < 1.29 is 9.59 Å². The van der Waals surface area contributed by atoms with Crippen LogP contribution in [0.15, 0.2) is 29.2 Å². The third kappa shape index (κ3) is 7.81. The number of nitrogens with one attached hydrogen (secondary N) is 1. The number of nitrogens with zero attached hydrogens (tertiary/aromatic N) is 3. The molecule has 1 fully saturated rings. The first-order valence-electron chi connectivity index (χ1n) is 9.79. The fourth-order valence-corrected chi connectivity index (χ4v) is 3.65. The standard InChI is InChI=1S/C21H34N4O2S/c1-21(2,3)22-19(26)15-24-10-12-25(13-11-24)20(27)16-23(4)14-17-6-8-18(28-5)9-7-17/h6-9H,10-16H2,1-5H3,(H,22,26). The Morgan fingerprint density at radius 2 is 1.71 bits per heavy atom. The zero-order valence-electron chi connectivity index (χ0n) is 17.8. The molecule has 1 N–H and O–H groups in total. The molecule has 0 aromatic heterocycles. The maximum absolute atomic E-state index is 12.6. The number of carbonyl (C=O) groups excluding carboxylic acids is 2. The Hall–Kier alpha value is -1.57. The summed E-state index contributed by atoms with van der Waals surface area (Å²) < 4.78 is 0. The average Bonchev–Trinajstić information content (AvgIpc) is 2.61. The molecular weight excluding hydrogens is 372 g/mol. The molecule has 0 spiro atoms. The predicted octanol–water partition coefficient (Wildman–Crippen LogP) is 1.90. The Labute approximate surface area is 173 Å². The van der Waals surface area contributed by atoms with Crippen LogP contribution < -0.4 is 5.32 Å². The quantitative estimate of drug-likeness (QED) is 0.701. The van der Waals surface area contributed by atoms with Crippen LogP contribution in [0.25, 0.3) is 0 Å². The summed E-state index contributed by atoms with van der Waals surface area (Å²) in [6, 6.07) is 8.47. The second-order valence-corrected chi connectivity index (χ2v) is 9.36. The van der Waals surface area contributed by atoms with Gasteiger partial charge < -0.3 is 10.2 Å². The number of rotatable bonds is 7. The fourth-order valence-electron chi connectivity index (χ4n) is 3.25. The first kappa shape index (κ1) is 22.7. The van der Waals surface area contributed by atoms with Gasteiger partial charge >= 0.3 is 0 Å². The molecule has 28 heavy (non-hydrogen) atoms. The van der Waals surface area contributed by atoms with E-state index in [1.165, 1.54) is 10.5 Å². The van der Waals surface area contributed by atoms with Gasteiger partial charge in [-0.1, -0.05) is 12.1 Å². The van der Waals surface area contributed by atoms with Gasteiger partial charge in [0.2, 0.25) is 11.8 Å². The topological polar surface area (TPSA) is 55.9 Å². The Kier molecular flexibility index (Phi) is 8.34. The van der Waals surface area contributed by atoms with Gasteiger partial charge in [0, 0.05) is 43.2 Å². The van der Waals surface area contributed by atoms with Gasteiger partial charge in [-0.25, -0.2) is 0 Å². The van der Waals surface area contributed by atoms with E-state index >= 15 is 0 Å². The molecule has 0 radical (unpaired) electrons.